The second-order valence-corrected chi connectivity index (χ2v) is 6.93. The number of hydrogen-bond acceptors (Lipinski definition) is 4. The van der Waals surface area contributed by atoms with Gasteiger partial charge in [-0.2, -0.15) is 4.31 Å². The van der Waals surface area contributed by atoms with Crippen LogP contribution >= 0.6 is 0 Å². The molecule has 0 radical (unpaired) electrons. The van der Waals surface area contributed by atoms with Crippen LogP contribution in [0.5, 0.6) is 0 Å². The van der Waals surface area contributed by atoms with E-state index in [0.717, 1.165) is 19.4 Å². The molecule has 0 aromatic carbocycles. The number of rotatable bonds is 5. The first kappa shape index (κ1) is 14.5. The summed E-state index contributed by atoms with van der Waals surface area (Å²) in [7, 11) is -3.41. The van der Waals surface area contributed by atoms with Gasteiger partial charge in [0.2, 0.25) is 0 Å². The Morgan fingerprint density at radius 2 is 2.42 bits per heavy atom. The molecule has 1 aliphatic rings. The van der Waals surface area contributed by atoms with Gasteiger partial charge >= 0.3 is 0 Å². The molecule has 1 aromatic heterocycles. The minimum Gasteiger partial charge on any atom is -0.335 e. The van der Waals surface area contributed by atoms with Crippen LogP contribution in [0, 0.1) is 5.92 Å². The first-order valence-electron chi connectivity index (χ1n) is 6.77. The molecular formula is C12H22N4O2S. The molecule has 2 unspecified atom stereocenters. The number of nitrogens with one attached hydrogen (secondary N) is 2. The molecule has 0 saturated carbocycles. The van der Waals surface area contributed by atoms with Gasteiger partial charge in [-0.1, -0.05) is 6.92 Å². The summed E-state index contributed by atoms with van der Waals surface area (Å²) in [6, 6.07) is 0.338. The highest BCUT2D eigenvalue weighted by Crippen LogP contribution is 2.24. The summed E-state index contributed by atoms with van der Waals surface area (Å²) in [6.07, 6.45) is 4.75. The summed E-state index contributed by atoms with van der Waals surface area (Å²) >= 11 is 0. The Morgan fingerprint density at radius 1 is 1.63 bits per heavy atom. The monoisotopic (exact) mass is 286 g/mol. The summed E-state index contributed by atoms with van der Waals surface area (Å²) in [5.41, 5.74) is 0. The van der Waals surface area contributed by atoms with Gasteiger partial charge in [0.15, 0.2) is 5.03 Å². The van der Waals surface area contributed by atoms with Crippen LogP contribution in [0.15, 0.2) is 17.6 Å². The molecule has 0 bridgehead atoms. The van der Waals surface area contributed by atoms with Crippen molar-refractivity contribution in [3.8, 4) is 0 Å². The lowest BCUT2D eigenvalue weighted by atomic mass is 9.93. The van der Waals surface area contributed by atoms with Crippen molar-refractivity contribution in [2.45, 2.75) is 37.8 Å². The predicted octanol–water partition coefficient (Wildman–Crippen LogP) is 0.808. The van der Waals surface area contributed by atoms with Gasteiger partial charge < -0.3 is 10.3 Å². The van der Waals surface area contributed by atoms with Crippen molar-refractivity contribution in [1.82, 2.24) is 19.6 Å². The van der Waals surface area contributed by atoms with E-state index in [0.29, 0.717) is 25.0 Å². The van der Waals surface area contributed by atoms with Gasteiger partial charge in [-0.15, -0.1) is 0 Å². The van der Waals surface area contributed by atoms with Crippen molar-refractivity contribution in [1.29, 1.82) is 0 Å². The average molecular weight is 286 g/mol. The van der Waals surface area contributed by atoms with Gasteiger partial charge in [-0.25, -0.2) is 13.4 Å². The van der Waals surface area contributed by atoms with Gasteiger partial charge in [0, 0.05) is 19.1 Å². The maximum atomic E-state index is 12.4. The van der Waals surface area contributed by atoms with Crippen molar-refractivity contribution in [2.24, 2.45) is 5.92 Å². The SMILES string of the molecule is CCNC(C)C1CCCN(S(=O)(=O)c2cnc[nH]2)C1. The van der Waals surface area contributed by atoms with Crippen LogP contribution < -0.4 is 5.32 Å². The Balaban J connectivity index is 2.09. The lowest BCUT2D eigenvalue weighted by Gasteiger charge is -2.34. The van der Waals surface area contributed by atoms with E-state index in [4.69, 9.17) is 0 Å². The molecule has 6 nitrogen and oxygen atoms in total. The Labute approximate surface area is 114 Å². The smallest absolute Gasteiger partial charge is 0.260 e. The lowest BCUT2D eigenvalue weighted by Crippen LogP contribution is -2.46. The lowest BCUT2D eigenvalue weighted by molar-refractivity contribution is 0.225. The van der Waals surface area contributed by atoms with E-state index in [2.05, 4.69) is 29.1 Å². The average Bonchev–Trinajstić information content (AvgIpc) is 2.94. The van der Waals surface area contributed by atoms with Gasteiger partial charge in [0.05, 0.1) is 12.5 Å². The van der Waals surface area contributed by atoms with Crippen LogP contribution in [0.2, 0.25) is 0 Å². The Kier molecular flexibility index (Phi) is 4.59. The van der Waals surface area contributed by atoms with Crippen molar-refractivity contribution < 1.29 is 8.42 Å². The third-order valence-corrected chi connectivity index (χ3v) is 5.54. The molecule has 7 heteroatoms. The molecule has 2 heterocycles. The highest BCUT2D eigenvalue weighted by atomic mass is 32.2. The highest BCUT2D eigenvalue weighted by molar-refractivity contribution is 7.89. The van der Waals surface area contributed by atoms with E-state index >= 15 is 0 Å². The fraction of sp³-hybridized carbons (Fsp3) is 0.750. The largest absolute Gasteiger partial charge is 0.335 e. The Bertz CT molecular complexity index is 486. The molecule has 108 valence electrons. The van der Waals surface area contributed by atoms with Gasteiger partial charge in [-0.05, 0) is 32.2 Å². The zero-order chi connectivity index (χ0) is 13.9. The number of nitrogens with zero attached hydrogens (tertiary/aromatic N) is 2. The first-order chi connectivity index (χ1) is 9.05. The molecule has 2 N–H and O–H groups in total. The predicted molar refractivity (Wildman–Crippen MR) is 73.2 cm³/mol. The second-order valence-electron chi connectivity index (χ2n) is 5.03. The molecule has 1 saturated heterocycles. The van der Waals surface area contributed by atoms with Crippen LogP contribution in [-0.4, -0.2) is 48.4 Å². The van der Waals surface area contributed by atoms with Crippen molar-refractivity contribution in [3.05, 3.63) is 12.5 Å². The number of aromatic amines is 1. The molecule has 1 aromatic rings. The summed E-state index contributed by atoms with van der Waals surface area (Å²) in [6.45, 7) is 6.27. The molecule has 1 aliphatic heterocycles. The quantitative estimate of drug-likeness (QED) is 0.839. The second kappa shape index (κ2) is 6.02. The summed E-state index contributed by atoms with van der Waals surface area (Å²) in [4.78, 5) is 6.48. The molecule has 0 amide bonds. The van der Waals surface area contributed by atoms with Crippen molar-refractivity contribution in [2.75, 3.05) is 19.6 Å². The third-order valence-electron chi connectivity index (χ3n) is 3.74. The fourth-order valence-corrected chi connectivity index (χ4v) is 4.04. The van der Waals surface area contributed by atoms with E-state index in [9.17, 15) is 8.42 Å². The Morgan fingerprint density at radius 3 is 3.05 bits per heavy atom. The third kappa shape index (κ3) is 3.16. The minimum absolute atomic E-state index is 0.184. The summed E-state index contributed by atoms with van der Waals surface area (Å²) in [5, 5.41) is 3.56. The zero-order valence-electron chi connectivity index (χ0n) is 11.5. The number of piperidine rings is 1. The van der Waals surface area contributed by atoms with Crippen molar-refractivity contribution >= 4 is 10.0 Å². The first-order valence-corrected chi connectivity index (χ1v) is 8.21. The van der Waals surface area contributed by atoms with Crippen LogP contribution in [-0.2, 0) is 10.0 Å². The van der Waals surface area contributed by atoms with Gasteiger partial charge in [0.1, 0.15) is 0 Å². The van der Waals surface area contributed by atoms with Crippen LogP contribution in [0.3, 0.4) is 0 Å². The molecule has 1 fully saturated rings. The standard InChI is InChI=1S/C12H22N4O2S/c1-3-14-10(2)11-5-4-6-16(8-11)19(17,18)12-7-13-9-15-12/h7,9-11,14H,3-6,8H2,1-2H3,(H,13,15). The van der Waals surface area contributed by atoms with Crippen LogP contribution in [0.4, 0.5) is 0 Å². The molecule has 2 rings (SSSR count). The van der Waals surface area contributed by atoms with E-state index in [1.54, 1.807) is 4.31 Å². The number of hydrogen-bond donors (Lipinski definition) is 2. The zero-order valence-corrected chi connectivity index (χ0v) is 12.3. The normalized spacial score (nSPS) is 23.4. The molecule has 0 spiro atoms. The topological polar surface area (TPSA) is 78.1 Å². The highest BCUT2D eigenvalue weighted by Gasteiger charge is 2.32. The Hall–Kier alpha value is -0.920. The number of H-pyrrole nitrogens is 1. The van der Waals surface area contributed by atoms with E-state index in [-0.39, 0.29) is 5.03 Å². The molecule has 0 aliphatic carbocycles. The minimum atomic E-state index is -3.41. The summed E-state index contributed by atoms with van der Waals surface area (Å²) in [5.74, 6) is 0.367. The number of sulfonamides is 1. The summed E-state index contributed by atoms with van der Waals surface area (Å²) < 4.78 is 26.4. The van der Waals surface area contributed by atoms with E-state index in [1.165, 1.54) is 12.5 Å². The number of aromatic nitrogens is 2. The maximum absolute atomic E-state index is 12.4. The van der Waals surface area contributed by atoms with Crippen LogP contribution in [0.1, 0.15) is 26.7 Å². The van der Waals surface area contributed by atoms with Gasteiger partial charge in [-0.3, -0.25) is 0 Å². The fourth-order valence-electron chi connectivity index (χ4n) is 2.61. The maximum Gasteiger partial charge on any atom is 0.260 e. The number of imidazole rings is 1. The van der Waals surface area contributed by atoms with Crippen molar-refractivity contribution in [3.63, 3.8) is 0 Å². The molecule has 2 atom stereocenters. The molecule has 19 heavy (non-hydrogen) atoms. The van der Waals surface area contributed by atoms with E-state index < -0.39 is 10.0 Å². The van der Waals surface area contributed by atoms with Gasteiger partial charge in [0.25, 0.3) is 10.0 Å². The van der Waals surface area contributed by atoms with E-state index in [1.807, 2.05) is 0 Å². The molecular weight excluding hydrogens is 264 g/mol. The van der Waals surface area contributed by atoms with Crippen LogP contribution in [0.25, 0.3) is 0 Å².